The van der Waals surface area contributed by atoms with E-state index in [0.29, 0.717) is 28.6 Å². The number of fused-ring (bicyclic) bond motifs is 2. The van der Waals surface area contributed by atoms with Gasteiger partial charge < -0.3 is 71.1 Å². The van der Waals surface area contributed by atoms with Crippen molar-refractivity contribution in [1.82, 2.24) is 39.0 Å². The lowest BCUT2D eigenvalue weighted by Gasteiger charge is -2.42. The Balaban J connectivity index is 0.965. The van der Waals surface area contributed by atoms with Crippen molar-refractivity contribution in [1.29, 1.82) is 5.26 Å². The minimum absolute atomic E-state index is 0.0155. The topological polar surface area (TPSA) is 356 Å². The van der Waals surface area contributed by atoms with Gasteiger partial charge in [0.15, 0.2) is 76.3 Å². The number of nitriles is 1. The van der Waals surface area contributed by atoms with Crippen LogP contribution < -0.4 is 34.9 Å². The number of nitrogens with zero attached hydrogens (tertiary/aromatic N) is 9. The van der Waals surface area contributed by atoms with Crippen LogP contribution in [0.4, 0.5) is 17.6 Å². The molecule has 0 saturated carbocycles. The van der Waals surface area contributed by atoms with E-state index < -0.39 is 134 Å². The van der Waals surface area contributed by atoms with E-state index in [1.54, 1.807) is 110 Å². The number of methoxy groups -OCH3 is 2. The third-order valence-electron chi connectivity index (χ3n) is 20.4. The van der Waals surface area contributed by atoms with Gasteiger partial charge in [0.1, 0.15) is 71.6 Å². The van der Waals surface area contributed by atoms with Crippen molar-refractivity contribution >= 4 is 101 Å². The molecule has 4 N–H and O–H groups in total. The molecule has 35 heteroatoms. The fraction of sp³-hybridized carbons (Fsp3) is 0.367. The third-order valence-corrected chi connectivity index (χ3v) is 32.1. The second-order valence-electron chi connectivity index (χ2n) is 29.9. The predicted octanol–water partition coefficient (Wildman–Crippen LogP) is 13.9. The number of para-hydroxylation sites is 2. The number of aromatic nitrogens is 8. The number of hydrogen-bond acceptors (Lipinski definition) is 25. The second-order valence-corrected chi connectivity index (χ2v) is 43.2. The fourth-order valence-corrected chi connectivity index (χ4v) is 17.7. The summed E-state index contributed by atoms with van der Waals surface area (Å²) in [4.78, 5) is 80.7. The number of anilines is 3. The lowest BCUT2D eigenvalue weighted by atomic mass is 9.80. The van der Waals surface area contributed by atoms with Gasteiger partial charge in [0.25, 0.3) is 17.7 Å². The lowest BCUT2D eigenvalue weighted by molar-refractivity contribution is -0.118. The van der Waals surface area contributed by atoms with Gasteiger partial charge >= 0.3 is 15.0 Å². The molecule has 0 aliphatic carbocycles. The van der Waals surface area contributed by atoms with Crippen LogP contribution in [0, 0.1) is 11.3 Å². The SMILES string of the molecule is COc1ccc(C(OC[C@H]2O[C@@H](n3cnc4c(NC(=O)c5ccccc5)ncnc43)[C@H](OP(=S)(OCCC#N)OC[C@H]3O[C@@H](n4cnc5c(NC(=O)COc6ccccc6)nc(NC(=O)COc6ccccc6)nc54)[C@H](O[Si](C)(C)C(C)(C)C)[C@@H]3O[PH](=O)O)[C@@H]2O[Si](C)(C)C(C)(C)C)(c2ccccc2)c2ccc(OC)cc2)cc1. The fourth-order valence-electron chi connectivity index (χ4n) is 12.5. The number of nitrogens with one attached hydrogen (secondary N) is 3. The van der Waals surface area contributed by atoms with Crippen molar-refractivity contribution in [2.45, 2.75) is 139 Å². The first-order valence-corrected chi connectivity index (χ1v) is 46.4. The molecule has 10 aromatic rings. The molecule has 2 unspecified atom stereocenters. The van der Waals surface area contributed by atoms with Crippen molar-refractivity contribution in [2.24, 2.45) is 0 Å². The number of carbonyl (C=O) groups excluding carboxylic acids is 3. The van der Waals surface area contributed by atoms with E-state index in [-0.39, 0.29) is 59.5 Å². The highest BCUT2D eigenvalue weighted by atomic mass is 32.5. The molecule has 30 nitrogen and oxygen atoms in total. The van der Waals surface area contributed by atoms with Crippen molar-refractivity contribution in [2.75, 3.05) is 63.2 Å². The molecule has 0 radical (unpaired) electrons. The van der Waals surface area contributed by atoms with E-state index in [1.165, 1.54) is 23.5 Å². The predicted molar refractivity (Wildman–Crippen MR) is 434 cm³/mol. The minimum atomic E-state index is -4.44. The van der Waals surface area contributed by atoms with Crippen LogP contribution in [0.5, 0.6) is 23.0 Å². The van der Waals surface area contributed by atoms with Crippen LogP contribution in [0.15, 0.2) is 189 Å². The summed E-state index contributed by atoms with van der Waals surface area (Å²) in [6.45, 7) is 13.9. The zero-order chi connectivity index (χ0) is 81.2. The number of imidazole rings is 2. The van der Waals surface area contributed by atoms with Crippen LogP contribution in [0.1, 0.15) is 87.5 Å². The Hall–Kier alpha value is -9.57. The summed E-state index contributed by atoms with van der Waals surface area (Å²) >= 11 is 6.64. The Morgan fingerprint density at radius 2 is 1.07 bits per heavy atom. The van der Waals surface area contributed by atoms with Crippen molar-refractivity contribution in [3.63, 3.8) is 0 Å². The highest BCUT2D eigenvalue weighted by Gasteiger charge is 2.57. The Kier molecular flexibility index (Phi) is 26.5. The Morgan fingerprint density at radius 1 is 0.579 bits per heavy atom. The number of ether oxygens (including phenoxy) is 7. The molecule has 6 aromatic carbocycles. The van der Waals surface area contributed by atoms with Crippen LogP contribution in [-0.4, -0.2) is 162 Å². The zero-order valence-corrected chi connectivity index (χ0v) is 69.7. The molecule has 2 fully saturated rings. The maximum absolute atomic E-state index is 13.9. The van der Waals surface area contributed by atoms with Crippen LogP contribution in [-0.2, 0) is 72.7 Å². The quantitative estimate of drug-likeness (QED) is 0.0126. The first-order valence-electron chi connectivity index (χ1n) is 36.7. The Labute approximate surface area is 667 Å². The third kappa shape index (κ3) is 19.3. The molecule has 0 bridgehead atoms. The molecule has 10 atom stereocenters. The zero-order valence-electron chi connectivity index (χ0n) is 65.0. The van der Waals surface area contributed by atoms with E-state index in [1.807, 2.05) is 113 Å². The van der Waals surface area contributed by atoms with E-state index >= 15 is 0 Å². The van der Waals surface area contributed by atoms with Crippen LogP contribution in [0.25, 0.3) is 22.3 Å². The largest absolute Gasteiger partial charge is 0.497 e. The van der Waals surface area contributed by atoms with Crippen molar-refractivity contribution in [3.05, 3.63) is 211 Å². The summed E-state index contributed by atoms with van der Waals surface area (Å²) in [5.74, 6) is -0.0794. The summed E-state index contributed by atoms with van der Waals surface area (Å²) in [5.41, 5.74) is 1.50. The number of carbonyl (C=O) groups is 3. The van der Waals surface area contributed by atoms with Gasteiger partial charge in [-0.1, -0.05) is 151 Å². The van der Waals surface area contributed by atoms with E-state index in [9.17, 15) is 29.1 Å². The normalized spacial score (nSPS) is 19.5. The smallest absolute Gasteiger partial charge is 0.327 e. The molecular formula is C79H92N12O18P2SSi2. The highest BCUT2D eigenvalue weighted by Crippen LogP contribution is 2.57. The molecule has 0 spiro atoms. The molecule has 114 heavy (non-hydrogen) atoms. The average molecular weight is 1650 g/mol. The van der Waals surface area contributed by atoms with Crippen molar-refractivity contribution in [3.8, 4) is 29.1 Å². The monoisotopic (exact) mass is 1650 g/mol. The van der Waals surface area contributed by atoms with Gasteiger partial charge in [0.2, 0.25) is 5.95 Å². The average Bonchev–Trinajstić information content (AvgIpc) is 1.31. The first-order chi connectivity index (χ1) is 54.5. The van der Waals surface area contributed by atoms with Crippen molar-refractivity contribution < 1.29 is 83.9 Å². The van der Waals surface area contributed by atoms with Crippen LogP contribution in [0.3, 0.4) is 0 Å². The number of hydrogen-bond donors (Lipinski definition) is 4. The molecule has 4 aromatic heterocycles. The van der Waals surface area contributed by atoms with Gasteiger partial charge in [-0.2, -0.15) is 15.2 Å². The van der Waals surface area contributed by atoms with Gasteiger partial charge in [0, 0.05) is 5.56 Å². The minimum Gasteiger partial charge on any atom is -0.497 e. The first kappa shape index (κ1) is 83.8. The summed E-state index contributed by atoms with van der Waals surface area (Å²) in [7, 11) is -6.80. The maximum Gasteiger partial charge on any atom is 0.327 e. The summed E-state index contributed by atoms with van der Waals surface area (Å²) in [6, 6.07) is 53.0. The number of benzene rings is 6. The van der Waals surface area contributed by atoms with Crippen LogP contribution in [0.2, 0.25) is 36.3 Å². The Bertz CT molecular complexity index is 5040. The van der Waals surface area contributed by atoms with Gasteiger partial charge in [-0.25, -0.2) is 19.9 Å². The summed E-state index contributed by atoms with van der Waals surface area (Å²) in [6.07, 6.45) is -6.59. The van der Waals surface area contributed by atoms with Gasteiger partial charge in [0.05, 0.1) is 59.2 Å². The molecule has 3 amide bonds. The van der Waals surface area contributed by atoms with E-state index in [0.717, 1.165) is 16.7 Å². The summed E-state index contributed by atoms with van der Waals surface area (Å²) < 4.78 is 104. The standard InChI is InChI=1S/C79H92N12O18P2SSi2/c1-77(2,3)113(9,10)108-66-59(44-101-79(52-28-19-14-20-29-52,53-34-38-55(97-7)39-35-53)54-36-40-56(98-8)41-37-54)104-74(90-49-83-63-69(81-48-82-71(63)90)87-73(94)51-26-17-13-18-27-51)67(66)107-111(112,102-43-25-42-80)103-45-60-65(106-110(95)96)68(109-114(11,12)78(4,5)6)75(105-60)91-50-84-64-70(85-61(92)46-99-57-30-21-15-22-31-57)88-76(89-72(64)91)86-62(93)47-100-58-32-23-16-24-33-58/h13-24,26-41,48-50,59-60,65-68,74-75,110H,25,43-47H2,1-12H3,(H,95,96)(H,81,82,87,94)(H2,85,86,88,89,92,93)/t59-,60-,65-,66-,67-,68-,74-,75-,111?/m1/s1. The molecular weight excluding hydrogens is 1560 g/mol. The molecule has 6 heterocycles. The molecule has 2 saturated heterocycles. The Morgan fingerprint density at radius 3 is 1.61 bits per heavy atom. The van der Waals surface area contributed by atoms with E-state index in [4.69, 9.17) is 91.8 Å². The van der Waals surface area contributed by atoms with Gasteiger partial charge in [-0.3, -0.25) is 37.9 Å². The molecule has 12 rings (SSSR count). The molecule has 2 aliphatic rings. The van der Waals surface area contributed by atoms with E-state index in [2.05, 4.69) is 65.9 Å². The van der Waals surface area contributed by atoms with Crippen LogP contribution >= 0.6 is 15.0 Å². The second kappa shape index (κ2) is 36.1. The summed E-state index contributed by atoms with van der Waals surface area (Å²) in [5, 5.41) is 17.6. The number of amides is 3. The molecule has 2 aliphatic heterocycles. The highest BCUT2D eigenvalue weighted by molar-refractivity contribution is 8.07. The maximum atomic E-state index is 13.9. The number of rotatable bonds is 34. The molecule has 600 valence electrons. The van der Waals surface area contributed by atoms with Gasteiger partial charge in [-0.15, -0.1) is 0 Å². The van der Waals surface area contributed by atoms with Gasteiger partial charge in [-0.05, 0) is 125 Å². The lowest BCUT2D eigenvalue weighted by Crippen LogP contribution is -2.51.